The Morgan fingerprint density at radius 3 is 2.46 bits per heavy atom. The fourth-order valence-electron chi connectivity index (χ4n) is 17.4. The Bertz CT molecular complexity index is 1910. The molecule has 6 N–H and O–H groups in total. The number of aliphatic hydroxyl groups excluding tert-OH is 1. The maximum atomic E-state index is 12.7. The SMILES string of the molecule is CCO[C@@H]([C@H]1C[C@@H](C)[C@H]2[C@H](O1)[C@H](O)[C@@]1(C)[C@@H]3CC[C@H]4C(C)(C)C(O[C@H]5CN(CCNC(=O)CCOCCOCCNC(=O)CCCCC6SC[C@@H]7NC(=O)N[C@H]67)CCO5)CC[C@@]45CC35CC[C@]21C)C(C)(C)O. The molecule has 0 bridgehead atoms. The zero-order chi connectivity index (χ0) is 51.3. The van der Waals surface area contributed by atoms with Crippen LogP contribution in [0.4, 0.5) is 4.79 Å². The lowest BCUT2D eigenvalue weighted by atomic mass is 9.41. The third-order valence-corrected chi connectivity index (χ3v) is 22.3. The van der Waals surface area contributed by atoms with Crippen molar-refractivity contribution in [1.29, 1.82) is 0 Å². The van der Waals surface area contributed by atoms with E-state index >= 15 is 0 Å². The molecule has 9 aliphatic rings. The van der Waals surface area contributed by atoms with Crippen molar-refractivity contribution >= 4 is 29.6 Å². The number of carbonyl (C=O) groups excluding carboxylic acids is 3. The van der Waals surface area contributed by atoms with Gasteiger partial charge in [-0.05, 0) is 130 Å². The molecule has 17 heteroatoms. The molecular weight excluding hydrogens is 939 g/mol. The van der Waals surface area contributed by atoms with Crippen molar-refractivity contribution in [3.8, 4) is 0 Å². The number of hydrogen-bond donors (Lipinski definition) is 6. The number of thioether (sulfide) groups is 1. The first kappa shape index (κ1) is 55.0. The van der Waals surface area contributed by atoms with E-state index in [1.54, 1.807) is 0 Å². The second kappa shape index (κ2) is 21.9. The number of morpholine rings is 1. The summed E-state index contributed by atoms with van der Waals surface area (Å²) in [6.45, 7) is 23.7. The molecule has 9 rings (SSSR count). The number of nitrogens with zero attached hydrogens (tertiary/aromatic N) is 1. The summed E-state index contributed by atoms with van der Waals surface area (Å²) in [5.74, 6) is 2.56. The quantitative estimate of drug-likeness (QED) is 0.0563. The summed E-state index contributed by atoms with van der Waals surface area (Å²) in [5, 5.41) is 36.3. The van der Waals surface area contributed by atoms with E-state index in [9.17, 15) is 24.6 Å². The molecule has 0 aromatic heterocycles. The molecule has 4 heterocycles. The van der Waals surface area contributed by atoms with Gasteiger partial charge in [0.05, 0.1) is 75.1 Å². The van der Waals surface area contributed by atoms with Gasteiger partial charge in [-0.1, -0.05) is 41.0 Å². The van der Waals surface area contributed by atoms with Crippen LogP contribution in [-0.4, -0.2) is 171 Å². The number of carbonyl (C=O) groups is 3. The Balaban J connectivity index is 0.655. The van der Waals surface area contributed by atoms with Gasteiger partial charge in [0.15, 0.2) is 6.29 Å². The third-order valence-electron chi connectivity index (χ3n) is 20.8. The number of unbranched alkanes of at least 4 members (excludes halogenated alkanes) is 1. The molecule has 4 aliphatic heterocycles. The Hall–Kier alpha value is -1.80. The van der Waals surface area contributed by atoms with Gasteiger partial charge < -0.3 is 59.9 Å². The van der Waals surface area contributed by atoms with Crippen molar-refractivity contribution < 1.29 is 53.0 Å². The maximum Gasteiger partial charge on any atom is 0.315 e. The van der Waals surface area contributed by atoms with E-state index in [1.165, 1.54) is 19.3 Å². The predicted molar refractivity (Wildman–Crippen MR) is 275 cm³/mol. The van der Waals surface area contributed by atoms with Gasteiger partial charge in [-0.25, -0.2) is 4.79 Å². The van der Waals surface area contributed by atoms with Gasteiger partial charge in [0.25, 0.3) is 0 Å². The monoisotopic (exact) mass is 1030 g/mol. The number of fused-ring (bicyclic) bond motifs is 5. The first-order chi connectivity index (χ1) is 34.3. The summed E-state index contributed by atoms with van der Waals surface area (Å²) in [4.78, 5) is 38.8. The van der Waals surface area contributed by atoms with Crippen LogP contribution >= 0.6 is 11.8 Å². The van der Waals surface area contributed by atoms with E-state index in [1.807, 2.05) is 32.5 Å². The highest BCUT2D eigenvalue weighted by Crippen LogP contribution is 2.89. The van der Waals surface area contributed by atoms with Crippen LogP contribution in [-0.2, 0) is 38.0 Å². The van der Waals surface area contributed by atoms with E-state index in [0.29, 0.717) is 88.7 Å². The molecular formula is C55H93N5O11S. The molecule has 16 nitrogen and oxygen atoms in total. The second-order valence-electron chi connectivity index (χ2n) is 25.4. The first-order valence-corrected chi connectivity index (χ1v) is 29.4. The van der Waals surface area contributed by atoms with Crippen LogP contribution < -0.4 is 21.3 Å². The van der Waals surface area contributed by atoms with Gasteiger partial charge >= 0.3 is 6.03 Å². The average molecular weight is 1030 g/mol. The molecule has 4 amide bonds. The Kier molecular flexibility index (Phi) is 16.7. The van der Waals surface area contributed by atoms with E-state index in [0.717, 1.165) is 70.2 Å². The van der Waals surface area contributed by atoms with E-state index in [4.69, 9.17) is 28.4 Å². The molecule has 5 aliphatic carbocycles. The van der Waals surface area contributed by atoms with Crippen molar-refractivity contribution in [2.45, 2.75) is 199 Å². The normalized spacial score (nSPS) is 42.2. The molecule has 72 heavy (non-hydrogen) atoms. The van der Waals surface area contributed by atoms with Crippen molar-refractivity contribution in [2.75, 3.05) is 78.1 Å². The Morgan fingerprint density at radius 2 is 1.68 bits per heavy atom. The maximum absolute atomic E-state index is 12.7. The highest BCUT2D eigenvalue weighted by Gasteiger charge is 2.84. The van der Waals surface area contributed by atoms with E-state index in [2.05, 4.69) is 60.8 Å². The van der Waals surface area contributed by atoms with Gasteiger partial charge in [0.2, 0.25) is 11.8 Å². The fourth-order valence-corrected chi connectivity index (χ4v) is 18.9. The van der Waals surface area contributed by atoms with Crippen molar-refractivity contribution in [1.82, 2.24) is 26.2 Å². The largest absolute Gasteiger partial charge is 0.390 e. The number of nitrogens with one attached hydrogen (secondary N) is 4. The van der Waals surface area contributed by atoms with Gasteiger partial charge in [0, 0.05) is 68.6 Å². The zero-order valence-corrected chi connectivity index (χ0v) is 45.9. The van der Waals surface area contributed by atoms with Gasteiger partial charge in [-0.2, -0.15) is 11.8 Å². The Morgan fingerprint density at radius 1 is 0.944 bits per heavy atom. The van der Waals surface area contributed by atoms with Crippen LogP contribution in [0.3, 0.4) is 0 Å². The molecule has 410 valence electrons. The predicted octanol–water partition coefficient (Wildman–Crippen LogP) is 5.40. The fraction of sp³-hybridized carbons (Fsp3) is 0.945. The standard InChI is InChI=1S/C55H93N5O11S/c1-9-68-48(51(5,6)65)36-30-34(2)44-46(70-36)47(63)53(8)39-15-14-38-50(3,4)40(16-18-54(38)33-55(39,54)20-19-52(44,53)7)71-43-31-60(24-27-69-43)23-21-56-42(62)17-25-66-28-29-67-26-22-57-41(61)13-11-10-12-37-45-35(32-72-37)58-49(64)59-45/h34-40,43-48,63,65H,9-33H2,1-8H3,(H,56,62)(H,57,61)(H2,58,59,64)/t34-,35+,36-,37?,38+,39+,40?,43+,44+,45+,46+,47+,48+,52-,53-,54-,55?/m1/s1. The second-order valence-corrected chi connectivity index (χ2v) is 26.6. The number of urea groups is 1. The van der Waals surface area contributed by atoms with Crippen LogP contribution in [0.2, 0.25) is 0 Å². The van der Waals surface area contributed by atoms with Gasteiger partial charge in [-0.3, -0.25) is 14.5 Å². The van der Waals surface area contributed by atoms with Crippen LogP contribution in [0.1, 0.15) is 139 Å². The molecule has 5 saturated carbocycles. The zero-order valence-electron chi connectivity index (χ0n) is 45.1. The lowest BCUT2D eigenvalue weighted by molar-refractivity contribution is -0.248. The highest BCUT2D eigenvalue weighted by molar-refractivity contribution is 8.00. The van der Waals surface area contributed by atoms with E-state index < -0.39 is 17.8 Å². The number of aliphatic hydroxyl groups is 2. The third kappa shape index (κ3) is 10.3. The van der Waals surface area contributed by atoms with Crippen LogP contribution in [0.25, 0.3) is 0 Å². The van der Waals surface area contributed by atoms with Crippen LogP contribution in [0.5, 0.6) is 0 Å². The molecule has 17 atom stereocenters. The summed E-state index contributed by atoms with van der Waals surface area (Å²) >= 11 is 1.90. The molecule has 3 unspecified atom stereocenters. The summed E-state index contributed by atoms with van der Waals surface area (Å²) in [6, 6.07) is 0.373. The minimum Gasteiger partial charge on any atom is -0.390 e. The van der Waals surface area contributed by atoms with Crippen molar-refractivity contribution in [3.63, 3.8) is 0 Å². The molecule has 4 saturated heterocycles. The molecule has 0 aromatic carbocycles. The number of amides is 4. The Labute approximate surface area is 434 Å². The first-order valence-electron chi connectivity index (χ1n) is 28.3. The minimum absolute atomic E-state index is 0.0191. The number of hydrogen-bond acceptors (Lipinski definition) is 13. The number of rotatable bonds is 23. The van der Waals surface area contributed by atoms with Crippen molar-refractivity contribution in [2.24, 2.45) is 50.7 Å². The molecule has 9 fully saturated rings. The summed E-state index contributed by atoms with van der Waals surface area (Å²) in [7, 11) is 0. The summed E-state index contributed by atoms with van der Waals surface area (Å²) in [6.07, 6.45) is 10.7. The highest BCUT2D eigenvalue weighted by atomic mass is 32.2. The van der Waals surface area contributed by atoms with Crippen LogP contribution in [0.15, 0.2) is 0 Å². The smallest absolute Gasteiger partial charge is 0.315 e. The average Bonchev–Trinajstić information content (AvgIpc) is 3.52. The van der Waals surface area contributed by atoms with Gasteiger partial charge in [0.1, 0.15) is 6.10 Å². The minimum atomic E-state index is -1.04. The lowest BCUT2D eigenvalue weighted by Crippen LogP contribution is -2.60. The van der Waals surface area contributed by atoms with Crippen LogP contribution in [0, 0.1) is 50.7 Å². The lowest BCUT2D eigenvalue weighted by Gasteiger charge is -2.64. The van der Waals surface area contributed by atoms with E-state index in [-0.39, 0.29) is 93.9 Å². The van der Waals surface area contributed by atoms with Gasteiger partial charge in [-0.15, -0.1) is 0 Å². The molecule has 0 radical (unpaired) electrons. The molecule has 0 aromatic rings. The summed E-state index contributed by atoms with van der Waals surface area (Å²) < 4.78 is 37.7. The van der Waals surface area contributed by atoms with Crippen molar-refractivity contribution in [3.05, 3.63) is 0 Å². The molecule has 2 spiro atoms. The number of ether oxygens (including phenoxy) is 6. The topological polar surface area (TPSA) is 198 Å². The summed E-state index contributed by atoms with van der Waals surface area (Å²) in [5.41, 5.74) is -0.825.